The number of amides is 1. The number of rotatable bonds is 5. The summed E-state index contributed by atoms with van der Waals surface area (Å²) in [5.41, 5.74) is -3.23. The molecule has 1 fully saturated rings. The van der Waals surface area contributed by atoms with Gasteiger partial charge in [0.2, 0.25) is 11.4 Å². The van der Waals surface area contributed by atoms with Crippen molar-refractivity contribution < 1.29 is 27.9 Å². The van der Waals surface area contributed by atoms with Gasteiger partial charge in [-0.15, -0.1) is 0 Å². The molecule has 0 aliphatic heterocycles. The molecule has 7 heteroatoms. The first-order chi connectivity index (χ1) is 9.17. The highest BCUT2D eigenvalue weighted by molar-refractivity contribution is 5.87. The second kappa shape index (κ2) is 6.45. The van der Waals surface area contributed by atoms with Crippen molar-refractivity contribution in [3.63, 3.8) is 0 Å². The summed E-state index contributed by atoms with van der Waals surface area (Å²) in [5, 5.41) is 10.3. The molecule has 0 bridgehead atoms. The monoisotopic (exact) mass is 295 g/mol. The lowest BCUT2D eigenvalue weighted by molar-refractivity contribution is -0.207. The summed E-state index contributed by atoms with van der Waals surface area (Å²) in [5.74, 6) is -2.61. The Labute approximate surface area is 115 Å². The summed E-state index contributed by atoms with van der Waals surface area (Å²) in [6.45, 7) is 0.466. The predicted octanol–water partition coefficient (Wildman–Crippen LogP) is 2.87. The lowest BCUT2D eigenvalue weighted by Gasteiger charge is -2.29. The van der Waals surface area contributed by atoms with Crippen LogP contribution in [0.1, 0.15) is 51.9 Å². The number of hydrogen-bond acceptors (Lipinski definition) is 2. The normalized spacial score (nSPS) is 20.2. The number of carboxylic acids is 1. The van der Waals surface area contributed by atoms with Gasteiger partial charge in [0.05, 0.1) is 0 Å². The maximum Gasteiger partial charge on any atom is 0.422 e. The summed E-state index contributed by atoms with van der Waals surface area (Å²) in [7, 11) is 0. The maximum atomic E-state index is 12.7. The van der Waals surface area contributed by atoms with Crippen molar-refractivity contribution >= 4 is 11.9 Å². The molecule has 0 aromatic rings. The van der Waals surface area contributed by atoms with Gasteiger partial charge < -0.3 is 10.4 Å². The number of halogens is 3. The third kappa shape index (κ3) is 4.11. The van der Waals surface area contributed by atoms with Crippen molar-refractivity contribution in [3.05, 3.63) is 0 Å². The summed E-state index contributed by atoms with van der Waals surface area (Å²) >= 11 is 0. The lowest BCUT2D eigenvalue weighted by atomic mass is 9.86. The summed E-state index contributed by atoms with van der Waals surface area (Å²) in [4.78, 5) is 22.4. The molecular weight excluding hydrogens is 275 g/mol. The second-order valence-corrected chi connectivity index (χ2v) is 5.52. The highest BCUT2D eigenvalue weighted by atomic mass is 19.4. The van der Waals surface area contributed by atoms with E-state index in [0.717, 1.165) is 32.1 Å². The number of nitrogens with one attached hydrogen (secondary N) is 1. The minimum atomic E-state index is -5.03. The molecule has 1 unspecified atom stereocenters. The van der Waals surface area contributed by atoms with E-state index in [2.05, 4.69) is 0 Å². The topological polar surface area (TPSA) is 66.4 Å². The van der Waals surface area contributed by atoms with E-state index < -0.39 is 23.6 Å². The summed E-state index contributed by atoms with van der Waals surface area (Å²) < 4.78 is 38.1. The largest absolute Gasteiger partial charge is 0.479 e. The van der Waals surface area contributed by atoms with Gasteiger partial charge in [0.25, 0.3) is 0 Å². The number of alkyl halides is 3. The van der Waals surface area contributed by atoms with Crippen LogP contribution in [0.5, 0.6) is 0 Å². The average molecular weight is 295 g/mol. The van der Waals surface area contributed by atoms with Gasteiger partial charge in [-0.2, -0.15) is 13.2 Å². The molecule has 0 radical (unpaired) electrons. The molecule has 1 aliphatic carbocycles. The Morgan fingerprint density at radius 3 is 2.20 bits per heavy atom. The molecule has 2 N–H and O–H groups in total. The maximum absolute atomic E-state index is 12.7. The fraction of sp³-hybridized carbons (Fsp3) is 0.846. The van der Waals surface area contributed by atoms with Crippen molar-refractivity contribution in [2.75, 3.05) is 0 Å². The minimum Gasteiger partial charge on any atom is -0.479 e. The van der Waals surface area contributed by atoms with E-state index in [9.17, 15) is 22.8 Å². The predicted molar refractivity (Wildman–Crippen MR) is 66.0 cm³/mol. The van der Waals surface area contributed by atoms with Crippen LogP contribution in [0.2, 0.25) is 0 Å². The highest BCUT2D eigenvalue weighted by Gasteiger charge is 2.58. The minimum absolute atomic E-state index is 0.0659. The molecule has 1 saturated carbocycles. The third-order valence-corrected chi connectivity index (χ3v) is 3.89. The zero-order valence-electron chi connectivity index (χ0n) is 11.4. The molecule has 0 aromatic carbocycles. The molecule has 1 amide bonds. The highest BCUT2D eigenvalue weighted by Crippen LogP contribution is 2.31. The van der Waals surface area contributed by atoms with Gasteiger partial charge >= 0.3 is 12.1 Å². The van der Waals surface area contributed by atoms with Crippen molar-refractivity contribution in [3.8, 4) is 0 Å². The van der Waals surface area contributed by atoms with Gasteiger partial charge in [0, 0.05) is 6.42 Å². The van der Waals surface area contributed by atoms with Crippen LogP contribution in [0.4, 0.5) is 13.2 Å². The Morgan fingerprint density at radius 2 is 1.75 bits per heavy atom. The molecule has 4 nitrogen and oxygen atoms in total. The molecule has 0 heterocycles. The zero-order valence-corrected chi connectivity index (χ0v) is 11.4. The number of carboxylic acid groups (broad SMARTS) is 1. The van der Waals surface area contributed by atoms with E-state index in [4.69, 9.17) is 5.11 Å². The Balaban J connectivity index is 2.52. The van der Waals surface area contributed by atoms with Crippen LogP contribution in [0, 0.1) is 5.92 Å². The van der Waals surface area contributed by atoms with E-state index in [1.165, 1.54) is 0 Å². The van der Waals surface area contributed by atoms with E-state index in [-0.39, 0.29) is 6.42 Å². The SMILES string of the molecule is CC(NC(=O)CCC1CCCCC1)(C(=O)O)C(F)(F)F. The molecule has 116 valence electrons. The lowest BCUT2D eigenvalue weighted by Crippen LogP contribution is -2.61. The Kier molecular flexibility index (Phi) is 5.42. The number of aliphatic carboxylic acids is 1. The van der Waals surface area contributed by atoms with Crippen molar-refractivity contribution in [2.45, 2.75) is 63.6 Å². The second-order valence-electron chi connectivity index (χ2n) is 5.52. The Bertz CT molecular complexity index is 364. The molecule has 1 atom stereocenters. The van der Waals surface area contributed by atoms with Gasteiger partial charge in [0.15, 0.2) is 0 Å². The van der Waals surface area contributed by atoms with Gasteiger partial charge in [0.1, 0.15) is 0 Å². The van der Waals surface area contributed by atoms with Crippen LogP contribution in [0.3, 0.4) is 0 Å². The van der Waals surface area contributed by atoms with E-state index in [0.29, 0.717) is 19.3 Å². The molecular formula is C13H20F3NO3. The molecule has 1 aliphatic rings. The fourth-order valence-electron chi connectivity index (χ4n) is 2.40. The molecule has 0 aromatic heterocycles. The van der Waals surface area contributed by atoms with Crippen LogP contribution < -0.4 is 5.32 Å². The van der Waals surface area contributed by atoms with Crippen molar-refractivity contribution in [2.24, 2.45) is 5.92 Å². The van der Waals surface area contributed by atoms with Gasteiger partial charge in [-0.3, -0.25) is 4.79 Å². The quantitative estimate of drug-likeness (QED) is 0.819. The first-order valence-corrected chi connectivity index (χ1v) is 6.78. The van der Waals surface area contributed by atoms with Crippen LogP contribution >= 0.6 is 0 Å². The summed E-state index contributed by atoms with van der Waals surface area (Å²) in [6, 6.07) is 0. The third-order valence-electron chi connectivity index (χ3n) is 3.89. The number of carbonyl (C=O) groups is 2. The molecule has 0 spiro atoms. The smallest absolute Gasteiger partial charge is 0.422 e. The average Bonchev–Trinajstić information content (AvgIpc) is 2.36. The van der Waals surface area contributed by atoms with E-state index in [1.807, 2.05) is 0 Å². The fourth-order valence-corrected chi connectivity index (χ4v) is 2.40. The number of carbonyl (C=O) groups excluding carboxylic acids is 1. The van der Waals surface area contributed by atoms with E-state index in [1.54, 1.807) is 5.32 Å². The van der Waals surface area contributed by atoms with Crippen LogP contribution in [0.25, 0.3) is 0 Å². The molecule has 0 saturated heterocycles. The summed E-state index contributed by atoms with van der Waals surface area (Å²) in [6.07, 6.45) is 0.727. The van der Waals surface area contributed by atoms with E-state index >= 15 is 0 Å². The zero-order chi connectivity index (χ0) is 15.4. The Morgan fingerprint density at radius 1 is 1.20 bits per heavy atom. The first-order valence-electron chi connectivity index (χ1n) is 6.78. The van der Waals surface area contributed by atoms with Crippen LogP contribution in [0.15, 0.2) is 0 Å². The van der Waals surface area contributed by atoms with Crippen LogP contribution in [-0.2, 0) is 9.59 Å². The Hall–Kier alpha value is -1.27. The van der Waals surface area contributed by atoms with Gasteiger partial charge in [-0.25, -0.2) is 4.79 Å². The standard InChI is InChI=1S/C13H20F3NO3/c1-12(11(19)20,13(14,15)16)17-10(18)8-7-9-5-3-2-4-6-9/h9H,2-8H2,1H3,(H,17,18)(H,19,20). The van der Waals surface area contributed by atoms with Crippen molar-refractivity contribution in [1.82, 2.24) is 5.32 Å². The first kappa shape index (κ1) is 16.8. The molecule has 1 rings (SSSR count). The van der Waals surface area contributed by atoms with Crippen molar-refractivity contribution in [1.29, 1.82) is 0 Å². The van der Waals surface area contributed by atoms with Gasteiger partial charge in [-0.1, -0.05) is 32.1 Å². The molecule has 20 heavy (non-hydrogen) atoms. The van der Waals surface area contributed by atoms with Crippen LogP contribution in [-0.4, -0.2) is 28.7 Å². The van der Waals surface area contributed by atoms with Gasteiger partial charge in [-0.05, 0) is 19.3 Å². The number of hydrogen-bond donors (Lipinski definition) is 2.